The quantitative estimate of drug-likeness (QED) is 0.529. The largest absolute Gasteiger partial charge is 0.441 e. The van der Waals surface area contributed by atoms with Crippen LogP contribution in [0.4, 0.5) is 0 Å². The van der Waals surface area contributed by atoms with Crippen molar-refractivity contribution in [3.05, 3.63) is 11.3 Å². The number of methoxy groups -OCH3 is 1. The molecule has 1 saturated heterocycles. The first-order valence-corrected chi connectivity index (χ1v) is 8.98. The first kappa shape index (κ1) is 18.6. The van der Waals surface area contributed by atoms with Gasteiger partial charge in [-0.25, -0.2) is 8.42 Å². The Labute approximate surface area is 140 Å². The predicted octanol–water partition coefficient (Wildman–Crippen LogP) is 0.377. The molecule has 2 aliphatic rings. The summed E-state index contributed by atoms with van der Waals surface area (Å²) in [5.41, 5.74) is -2.46. The van der Waals surface area contributed by atoms with Crippen molar-refractivity contribution < 1.29 is 32.3 Å². The number of carbonyl (C=O) groups excluding carboxylic acids is 3. The zero-order chi connectivity index (χ0) is 18.6. The molecule has 0 aromatic carbocycles. The van der Waals surface area contributed by atoms with Crippen LogP contribution in [-0.4, -0.2) is 55.0 Å². The van der Waals surface area contributed by atoms with Gasteiger partial charge in [0.15, 0.2) is 17.3 Å². The summed E-state index contributed by atoms with van der Waals surface area (Å²) in [7, 11) is -2.87. The van der Waals surface area contributed by atoms with Gasteiger partial charge in [0.25, 0.3) is 5.91 Å². The van der Waals surface area contributed by atoms with Crippen LogP contribution in [0.25, 0.3) is 0 Å². The van der Waals surface area contributed by atoms with Gasteiger partial charge in [0.2, 0.25) is 15.3 Å². The van der Waals surface area contributed by atoms with Crippen molar-refractivity contribution in [2.75, 3.05) is 7.11 Å². The van der Waals surface area contributed by atoms with Crippen LogP contribution in [0.5, 0.6) is 0 Å². The van der Waals surface area contributed by atoms with E-state index in [1.807, 2.05) is 0 Å². The van der Waals surface area contributed by atoms with E-state index in [1.54, 1.807) is 20.8 Å². The van der Waals surface area contributed by atoms with E-state index in [0.717, 1.165) is 11.8 Å². The highest BCUT2D eigenvalue weighted by Gasteiger charge is 2.64. The van der Waals surface area contributed by atoms with Gasteiger partial charge in [-0.1, -0.05) is 20.8 Å². The molecule has 1 unspecified atom stereocenters. The maximum atomic E-state index is 12.8. The maximum Gasteiger partial charge on any atom is 0.304 e. The third-order valence-electron chi connectivity index (χ3n) is 4.02. The highest BCUT2D eigenvalue weighted by Crippen LogP contribution is 2.43. The molecule has 8 nitrogen and oxygen atoms in total. The smallest absolute Gasteiger partial charge is 0.304 e. The minimum atomic E-state index is -4.09. The zero-order valence-corrected chi connectivity index (χ0v) is 15.3. The number of fused-ring (bicyclic) bond motifs is 1. The molecule has 2 heterocycles. The van der Waals surface area contributed by atoms with E-state index < -0.39 is 49.8 Å². The Hall–Kier alpha value is -1.74. The van der Waals surface area contributed by atoms with Crippen LogP contribution in [0.15, 0.2) is 11.3 Å². The molecule has 0 aliphatic carbocycles. The number of hydrogen-bond acceptors (Lipinski definition) is 7. The zero-order valence-electron chi connectivity index (χ0n) is 14.4. The third kappa shape index (κ3) is 2.55. The van der Waals surface area contributed by atoms with E-state index in [-0.39, 0.29) is 11.3 Å². The summed E-state index contributed by atoms with van der Waals surface area (Å²) in [6.07, 6.45) is -1.22. The normalized spacial score (nSPS) is 29.0. The first-order chi connectivity index (χ1) is 10.9. The summed E-state index contributed by atoms with van der Waals surface area (Å²) in [4.78, 5) is 37.3. The highest BCUT2D eigenvalue weighted by atomic mass is 32.2. The van der Waals surface area contributed by atoms with Crippen molar-refractivity contribution in [3.8, 4) is 0 Å². The number of ketones is 1. The molecule has 0 radical (unpaired) electrons. The number of esters is 1. The van der Waals surface area contributed by atoms with Gasteiger partial charge in [-0.05, 0) is 6.92 Å². The number of carbonyl (C=O) groups is 3. The second kappa shape index (κ2) is 5.66. The molecule has 1 amide bonds. The van der Waals surface area contributed by atoms with Crippen LogP contribution in [0.2, 0.25) is 0 Å². The molecule has 1 fully saturated rings. The molecule has 0 N–H and O–H groups in total. The van der Waals surface area contributed by atoms with Crippen LogP contribution < -0.4 is 0 Å². The molecule has 3 atom stereocenters. The molecular weight excluding hydrogens is 338 g/mol. The number of amides is 1. The molecule has 0 spiro atoms. The number of sulfone groups is 1. The number of nitrogens with zero attached hydrogens (tertiary/aromatic N) is 1. The molecular formula is C15H21NO7S. The number of rotatable bonds is 3. The molecule has 0 aromatic rings. The Balaban J connectivity index is 2.68. The highest BCUT2D eigenvalue weighted by molar-refractivity contribution is 7.93. The van der Waals surface area contributed by atoms with Crippen molar-refractivity contribution in [1.82, 2.24) is 4.90 Å². The number of Topliss-reactive ketones (excluding diaryl/α,β-unsaturated/α-hetero) is 1. The van der Waals surface area contributed by atoms with Gasteiger partial charge < -0.3 is 9.47 Å². The molecule has 0 aromatic heterocycles. The van der Waals surface area contributed by atoms with Crippen LogP contribution in [0, 0.1) is 5.41 Å². The van der Waals surface area contributed by atoms with E-state index in [0.29, 0.717) is 0 Å². The number of allylic oxidation sites excluding steroid dienone is 1. The fourth-order valence-corrected chi connectivity index (χ4v) is 5.04. The van der Waals surface area contributed by atoms with Crippen molar-refractivity contribution in [3.63, 3.8) is 0 Å². The number of ether oxygens (including phenoxy) is 2. The van der Waals surface area contributed by atoms with Gasteiger partial charge >= 0.3 is 5.97 Å². The Morgan fingerprint density at radius 3 is 2.17 bits per heavy atom. The summed E-state index contributed by atoms with van der Waals surface area (Å²) in [6.45, 7) is 7.44. The van der Waals surface area contributed by atoms with Crippen molar-refractivity contribution in [2.24, 2.45) is 5.41 Å². The summed E-state index contributed by atoms with van der Waals surface area (Å²) in [5, 5.41) is -1.37. The number of β-lactam (4-membered cyclic amide) rings is 1. The predicted molar refractivity (Wildman–Crippen MR) is 83.1 cm³/mol. The lowest BCUT2D eigenvalue weighted by atomic mass is 9.85. The lowest BCUT2D eigenvalue weighted by Crippen LogP contribution is -2.72. The molecule has 134 valence electrons. The fraction of sp³-hybridized carbons (Fsp3) is 0.667. The fourth-order valence-electron chi connectivity index (χ4n) is 2.84. The van der Waals surface area contributed by atoms with Crippen LogP contribution in [0.1, 0.15) is 34.6 Å². The molecule has 2 rings (SSSR count). The van der Waals surface area contributed by atoms with E-state index in [9.17, 15) is 22.8 Å². The Morgan fingerprint density at radius 2 is 1.75 bits per heavy atom. The van der Waals surface area contributed by atoms with E-state index >= 15 is 0 Å². The van der Waals surface area contributed by atoms with E-state index in [1.165, 1.54) is 14.0 Å². The average Bonchev–Trinajstić information content (AvgIpc) is 2.43. The Kier molecular flexibility index (Phi) is 4.39. The summed E-state index contributed by atoms with van der Waals surface area (Å²) >= 11 is 0. The lowest BCUT2D eigenvalue weighted by molar-refractivity contribution is -0.162. The maximum absolute atomic E-state index is 12.8. The molecule has 0 saturated carbocycles. The van der Waals surface area contributed by atoms with Crippen LogP contribution in [-0.2, 0) is 33.7 Å². The molecule has 9 heteroatoms. The van der Waals surface area contributed by atoms with Gasteiger partial charge in [-0.3, -0.25) is 19.3 Å². The topological polar surface area (TPSA) is 107 Å². The lowest BCUT2D eigenvalue weighted by Gasteiger charge is -2.50. The average molecular weight is 359 g/mol. The van der Waals surface area contributed by atoms with Gasteiger partial charge in [0.05, 0.1) is 5.70 Å². The van der Waals surface area contributed by atoms with Crippen LogP contribution in [0.3, 0.4) is 0 Å². The van der Waals surface area contributed by atoms with Gasteiger partial charge in [0.1, 0.15) is 0 Å². The van der Waals surface area contributed by atoms with Crippen LogP contribution >= 0.6 is 0 Å². The van der Waals surface area contributed by atoms with Gasteiger partial charge in [-0.2, -0.15) is 0 Å². The van der Waals surface area contributed by atoms with E-state index in [4.69, 9.17) is 9.47 Å². The first-order valence-electron chi connectivity index (χ1n) is 7.37. The van der Waals surface area contributed by atoms with Crippen molar-refractivity contribution >= 4 is 27.5 Å². The SMILES string of the molecule is CO[C@H]1C(=O)N2C(C(=O)C(C)(C)C)=C(C)C(OC(C)=O)S(=O)(=O)[C@@H]12. The molecule has 24 heavy (non-hydrogen) atoms. The molecule has 0 bridgehead atoms. The second-order valence-corrected chi connectivity index (χ2v) is 8.99. The monoisotopic (exact) mass is 359 g/mol. The summed E-state index contributed by atoms with van der Waals surface area (Å²) in [6, 6.07) is 0. The van der Waals surface area contributed by atoms with E-state index in [2.05, 4.69) is 0 Å². The van der Waals surface area contributed by atoms with Gasteiger partial charge in [0, 0.05) is 25.0 Å². The van der Waals surface area contributed by atoms with Gasteiger partial charge in [-0.15, -0.1) is 0 Å². The third-order valence-corrected chi connectivity index (χ3v) is 6.20. The minimum Gasteiger partial charge on any atom is -0.441 e. The Bertz CT molecular complexity index is 744. The molecule has 2 aliphatic heterocycles. The summed E-state index contributed by atoms with van der Waals surface area (Å²) in [5.74, 6) is -1.79. The summed E-state index contributed by atoms with van der Waals surface area (Å²) < 4.78 is 35.4. The second-order valence-electron chi connectivity index (χ2n) is 6.90. The van der Waals surface area contributed by atoms with Crippen molar-refractivity contribution in [1.29, 1.82) is 0 Å². The standard InChI is InChI=1S/C15H21NO7S/c1-7-9(11(18)15(3,4)5)16-12(19)10(22-6)13(16)24(20,21)14(7)23-8(2)17/h10,13-14H,1-6H3/t10-,13-,14?/m0/s1. The number of hydrogen-bond donors (Lipinski definition) is 0. The Morgan fingerprint density at radius 1 is 1.21 bits per heavy atom. The van der Waals surface area contributed by atoms with Crippen molar-refractivity contribution in [2.45, 2.75) is 51.5 Å². The minimum absolute atomic E-state index is 0.0317.